The summed E-state index contributed by atoms with van der Waals surface area (Å²) in [7, 11) is 0. The zero-order valence-corrected chi connectivity index (χ0v) is 18.5. The summed E-state index contributed by atoms with van der Waals surface area (Å²) in [6.07, 6.45) is -1.73. The molecule has 1 aromatic heterocycles. The molecule has 5 rings (SSSR count). The van der Waals surface area contributed by atoms with Gasteiger partial charge >= 0.3 is 6.18 Å². The van der Waals surface area contributed by atoms with Gasteiger partial charge in [-0.25, -0.2) is 4.68 Å². The molecule has 1 aliphatic heterocycles. The van der Waals surface area contributed by atoms with Gasteiger partial charge in [-0.2, -0.15) is 13.2 Å². The molecule has 0 saturated carbocycles. The zero-order valence-electron chi connectivity index (χ0n) is 18.5. The van der Waals surface area contributed by atoms with Crippen LogP contribution in [-0.2, 0) is 25.6 Å². The van der Waals surface area contributed by atoms with Crippen molar-refractivity contribution in [1.29, 1.82) is 0 Å². The van der Waals surface area contributed by atoms with Gasteiger partial charge < -0.3 is 4.90 Å². The molecule has 0 radical (unpaired) electrons. The van der Waals surface area contributed by atoms with Gasteiger partial charge in [0.05, 0.1) is 5.56 Å². The van der Waals surface area contributed by atoms with Crippen LogP contribution >= 0.6 is 0 Å². The first-order valence-electron chi connectivity index (χ1n) is 11.3. The highest BCUT2D eigenvalue weighted by Gasteiger charge is 2.33. The van der Waals surface area contributed by atoms with Crippen molar-refractivity contribution >= 4 is 5.69 Å². The molecular formula is C26H24F3N5. The van der Waals surface area contributed by atoms with Gasteiger partial charge in [0.25, 0.3) is 0 Å². The fraction of sp³-hybridized carbons (Fsp3) is 0.269. The molecule has 174 valence electrons. The molecule has 0 spiro atoms. The molecule has 4 aromatic rings. The number of para-hydroxylation sites is 1. The highest BCUT2D eigenvalue weighted by Crippen LogP contribution is 2.38. The second-order valence-electron chi connectivity index (χ2n) is 8.44. The van der Waals surface area contributed by atoms with E-state index in [1.54, 1.807) is 16.8 Å². The Hall–Kier alpha value is -3.68. The van der Waals surface area contributed by atoms with Gasteiger partial charge in [0, 0.05) is 18.8 Å². The fourth-order valence-corrected chi connectivity index (χ4v) is 4.60. The van der Waals surface area contributed by atoms with E-state index < -0.39 is 17.8 Å². The van der Waals surface area contributed by atoms with Crippen LogP contribution in [0.1, 0.15) is 40.5 Å². The number of nitrogens with zero attached hydrogens (tertiary/aromatic N) is 5. The number of rotatable bonds is 6. The van der Waals surface area contributed by atoms with Crippen LogP contribution in [-0.4, -0.2) is 26.8 Å². The quantitative estimate of drug-likeness (QED) is 0.380. The Bertz CT molecular complexity index is 1240. The van der Waals surface area contributed by atoms with E-state index in [-0.39, 0.29) is 0 Å². The van der Waals surface area contributed by atoms with Gasteiger partial charge in [-0.3, -0.25) is 0 Å². The molecule has 1 aliphatic rings. The first-order chi connectivity index (χ1) is 16.5. The van der Waals surface area contributed by atoms with E-state index in [9.17, 15) is 13.2 Å². The van der Waals surface area contributed by atoms with Crippen LogP contribution in [0.5, 0.6) is 0 Å². The monoisotopic (exact) mass is 463 g/mol. The maximum Gasteiger partial charge on any atom is 0.416 e. The minimum atomic E-state index is -4.39. The molecule has 5 nitrogen and oxygen atoms in total. The van der Waals surface area contributed by atoms with E-state index in [1.165, 1.54) is 11.1 Å². The molecule has 3 aromatic carbocycles. The largest absolute Gasteiger partial charge is 0.416 e. The standard InChI is InChI=1S/C26H24F3N5/c27-26(28,29)22-14-12-21(13-15-22)24(33-17-6-10-20-9-4-5-11-23(20)33)25-30-31-32-34(25)18-16-19-7-2-1-3-8-19/h1-5,7-9,11-15,24H,6,10,16-18H2. The van der Waals surface area contributed by atoms with E-state index in [1.807, 2.05) is 30.3 Å². The second kappa shape index (κ2) is 9.29. The van der Waals surface area contributed by atoms with Crippen LogP contribution in [0.3, 0.4) is 0 Å². The van der Waals surface area contributed by atoms with E-state index in [2.05, 4.69) is 44.7 Å². The highest BCUT2D eigenvalue weighted by molar-refractivity contribution is 5.58. The first-order valence-corrected chi connectivity index (χ1v) is 11.3. The van der Waals surface area contributed by atoms with E-state index in [0.29, 0.717) is 12.4 Å². The number of fused-ring (bicyclic) bond motifs is 1. The van der Waals surface area contributed by atoms with Crippen molar-refractivity contribution < 1.29 is 13.2 Å². The smallest absolute Gasteiger partial charge is 0.357 e. The second-order valence-corrected chi connectivity index (χ2v) is 8.44. The Kier molecular flexibility index (Phi) is 6.04. The lowest BCUT2D eigenvalue weighted by Gasteiger charge is -2.37. The van der Waals surface area contributed by atoms with Crippen molar-refractivity contribution in [2.24, 2.45) is 0 Å². The minimum Gasteiger partial charge on any atom is -0.357 e. The van der Waals surface area contributed by atoms with Crippen LogP contribution < -0.4 is 4.90 Å². The summed E-state index contributed by atoms with van der Waals surface area (Å²) in [6, 6.07) is 23.2. The molecule has 0 amide bonds. The van der Waals surface area contributed by atoms with Gasteiger partial charge in [-0.1, -0.05) is 60.7 Å². The number of alkyl halides is 3. The Labute approximate surface area is 195 Å². The molecular weight excluding hydrogens is 439 g/mol. The van der Waals surface area contributed by atoms with Gasteiger partial charge in [-0.15, -0.1) is 5.10 Å². The first kappa shape index (κ1) is 22.1. The Balaban J connectivity index is 1.54. The predicted octanol–water partition coefficient (Wildman–Crippen LogP) is 5.48. The summed E-state index contributed by atoms with van der Waals surface area (Å²) in [5.74, 6) is 0.618. The highest BCUT2D eigenvalue weighted by atomic mass is 19.4. The fourth-order valence-electron chi connectivity index (χ4n) is 4.60. The van der Waals surface area contributed by atoms with Gasteiger partial charge in [0.2, 0.25) is 0 Å². The molecule has 0 bridgehead atoms. The molecule has 0 fully saturated rings. The normalized spacial score (nSPS) is 14.6. The van der Waals surface area contributed by atoms with Crippen molar-refractivity contribution in [1.82, 2.24) is 20.2 Å². The minimum absolute atomic E-state index is 0.408. The third-order valence-corrected chi connectivity index (χ3v) is 6.27. The van der Waals surface area contributed by atoms with Crippen LogP contribution in [0.4, 0.5) is 18.9 Å². The molecule has 1 atom stereocenters. The summed E-state index contributed by atoms with van der Waals surface area (Å²) in [5.41, 5.74) is 3.50. The Morgan fingerprint density at radius 3 is 2.38 bits per heavy atom. The molecule has 0 saturated heterocycles. The average molecular weight is 464 g/mol. The van der Waals surface area contributed by atoms with E-state index >= 15 is 0 Å². The number of anilines is 1. The number of hydrogen-bond acceptors (Lipinski definition) is 4. The SMILES string of the molecule is FC(F)(F)c1ccc(C(c2nnnn2CCc2ccccc2)N2CCCc3ccccc32)cc1. The molecule has 0 aliphatic carbocycles. The maximum absolute atomic E-state index is 13.2. The van der Waals surface area contributed by atoms with E-state index in [4.69, 9.17) is 0 Å². The van der Waals surface area contributed by atoms with Crippen molar-refractivity contribution in [3.8, 4) is 0 Å². The predicted molar refractivity (Wildman–Crippen MR) is 123 cm³/mol. The number of tetrazole rings is 1. The molecule has 1 unspecified atom stereocenters. The molecule has 2 heterocycles. The summed E-state index contributed by atoms with van der Waals surface area (Å²) in [6.45, 7) is 1.33. The summed E-state index contributed by atoms with van der Waals surface area (Å²) < 4.78 is 41.4. The number of aromatic nitrogens is 4. The average Bonchev–Trinajstić information content (AvgIpc) is 3.32. The molecule has 8 heteroatoms. The van der Waals surface area contributed by atoms with Crippen molar-refractivity contribution in [3.05, 3.63) is 107 Å². The van der Waals surface area contributed by atoms with Crippen molar-refractivity contribution in [3.63, 3.8) is 0 Å². The Morgan fingerprint density at radius 2 is 1.62 bits per heavy atom. The van der Waals surface area contributed by atoms with Gasteiger partial charge in [-0.05, 0) is 64.6 Å². The van der Waals surface area contributed by atoms with Gasteiger partial charge in [0.1, 0.15) is 6.04 Å². The number of halogens is 3. The molecule has 34 heavy (non-hydrogen) atoms. The lowest BCUT2D eigenvalue weighted by molar-refractivity contribution is -0.137. The van der Waals surface area contributed by atoms with Crippen LogP contribution in [0.15, 0.2) is 78.9 Å². The topological polar surface area (TPSA) is 46.8 Å². The summed E-state index contributed by atoms with van der Waals surface area (Å²) in [4.78, 5) is 2.21. The lowest BCUT2D eigenvalue weighted by atomic mass is 9.96. The zero-order chi connectivity index (χ0) is 23.5. The third-order valence-electron chi connectivity index (χ3n) is 6.27. The summed E-state index contributed by atoms with van der Waals surface area (Å²) >= 11 is 0. The van der Waals surface area contributed by atoms with Crippen LogP contribution in [0.2, 0.25) is 0 Å². The van der Waals surface area contributed by atoms with Crippen LogP contribution in [0.25, 0.3) is 0 Å². The van der Waals surface area contributed by atoms with Gasteiger partial charge in [0.15, 0.2) is 5.82 Å². The third kappa shape index (κ3) is 4.53. The number of aryl methyl sites for hydroxylation is 3. The summed E-state index contributed by atoms with van der Waals surface area (Å²) in [5, 5.41) is 12.5. The van der Waals surface area contributed by atoms with Crippen LogP contribution in [0, 0.1) is 0 Å². The number of hydrogen-bond donors (Lipinski definition) is 0. The Morgan fingerprint density at radius 1 is 0.882 bits per heavy atom. The lowest BCUT2D eigenvalue weighted by Crippen LogP contribution is -2.36. The number of benzene rings is 3. The molecule has 0 N–H and O–H groups in total. The van der Waals surface area contributed by atoms with Crippen molar-refractivity contribution in [2.75, 3.05) is 11.4 Å². The van der Waals surface area contributed by atoms with E-state index in [0.717, 1.165) is 49.2 Å². The maximum atomic E-state index is 13.2. The van der Waals surface area contributed by atoms with Crippen molar-refractivity contribution in [2.45, 2.75) is 38.0 Å².